The van der Waals surface area contributed by atoms with Crippen LogP contribution in [-0.4, -0.2) is 22.3 Å². The van der Waals surface area contributed by atoms with Gasteiger partial charge in [0.15, 0.2) is 5.78 Å². The molecule has 1 heterocycles. The van der Waals surface area contributed by atoms with Gasteiger partial charge in [-0.25, -0.2) is 0 Å². The standard InChI is InChI=1S/C16H19NOS/c18-16(11-19-10-12-5-1-2-6-12)14-9-17-15-8-4-3-7-13(14)15/h3-4,7-9,12,17H,1-2,5-6,10-11H2. The lowest BCUT2D eigenvalue weighted by molar-refractivity contribution is 0.102. The van der Waals surface area contributed by atoms with Crippen molar-refractivity contribution in [3.63, 3.8) is 0 Å². The molecular formula is C16H19NOS. The molecule has 1 aromatic heterocycles. The number of para-hydroxylation sites is 1. The highest BCUT2D eigenvalue weighted by Gasteiger charge is 2.16. The molecule has 0 saturated heterocycles. The van der Waals surface area contributed by atoms with Crippen molar-refractivity contribution < 1.29 is 4.79 Å². The lowest BCUT2D eigenvalue weighted by Gasteiger charge is -2.07. The number of benzene rings is 1. The molecule has 1 fully saturated rings. The summed E-state index contributed by atoms with van der Waals surface area (Å²) in [5.74, 6) is 2.85. The molecule has 1 saturated carbocycles. The molecule has 0 unspecified atom stereocenters. The minimum atomic E-state index is 0.250. The first-order valence-electron chi connectivity index (χ1n) is 7.01. The predicted molar refractivity (Wildman–Crippen MR) is 81.9 cm³/mol. The van der Waals surface area contributed by atoms with Crippen LogP contribution in [0, 0.1) is 5.92 Å². The second kappa shape index (κ2) is 5.83. The van der Waals surface area contributed by atoms with E-state index in [0.29, 0.717) is 5.75 Å². The molecule has 2 aromatic rings. The van der Waals surface area contributed by atoms with Gasteiger partial charge in [-0.15, -0.1) is 0 Å². The summed E-state index contributed by atoms with van der Waals surface area (Å²) < 4.78 is 0. The van der Waals surface area contributed by atoms with E-state index in [1.165, 1.54) is 25.7 Å². The highest BCUT2D eigenvalue weighted by Crippen LogP contribution is 2.28. The Balaban J connectivity index is 1.60. The quantitative estimate of drug-likeness (QED) is 0.825. The van der Waals surface area contributed by atoms with Crippen LogP contribution in [0.25, 0.3) is 10.9 Å². The molecule has 0 amide bonds. The molecule has 2 nitrogen and oxygen atoms in total. The first-order chi connectivity index (χ1) is 9.34. The Morgan fingerprint density at radius 3 is 2.89 bits per heavy atom. The number of aromatic nitrogens is 1. The molecule has 1 aromatic carbocycles. The topological polar surface area (TPSA) is 32.9 Å². The van der Waals surface area contributed by atoms with Crippen molar-refractivity contribution in [2.75, 3.05) is 11.5 Å². The summed E-state index contributed by atoms with van der Waals surface area (Å²) in [6.45, 7) is 0. The second-order valence-electron chi connectivity index (χ2n) is 5.34. The normalized spacial score (nSPS) is 16.2. The molecule has 1 aliphatic carbocycles. The largest absolute Gasteiger partial charge is 0.360 e. The number of Topliss-reactive ketones (excluding diaryl/α,β-unsaturated/α-hetero) is 1. The van der Waals surface area contributed by atoms with Crippen LogP contribution in [0.5, 0.6) is 0 Å². The van der Waals surface area contributed by atoms with Gasteiger partial charge in [0, 0.05) is 22.7 Å². The minimum Gasteiger partial charge on any atom is -0.360 e. The van der Waals surface area contributed by atoms with E-state index in [9.17, 15) is 4.79 Å². The van der Waals surface area contributed by atoms with Crippen molar-refractivity contribution in [3.05, 3.63) is 36.0 Å². The Bertz CT molecular complexity index is 569. The highest BCUT2D eigenvalue weighted by atomic mass is 32.2. The minimum absolute atomic E-state index is 0.250. The van der Waals surface area contributed by atoms with E-state index < -0.39 is 0 Å². The van der Waals surface area contributed by atoms with Crippen LogP contribution in [0.1, 0.15) is 36.0 Å². The monoisotopic (exact) mass is 273 g/mol. The molecule has 19 heavy (non-hydrogen) atoms. The van der Waals surface area contributed by atoms with E-state index in [1.54, 1.807) is 11.8 Å². The maximum atomic E-state index is 12.3. The van der Waals surface area contributed by atoms with Crippen molar-refractivity contribution >= 4 is 28.4 Å². The highest BCUT2D eigenvalue weighted by molar-refractivity contribution is 7.99. The Hall–Kier alpha value is -1.22. The van der Waals surface area contributed by atoms with Gasteiger partial charge in [0.05, 0.1) is 5.75 Å². The molecule has 0 atom stereocenters. The third-order valence-electron chi connectivity index (χ3n) is 3.95. The van der Waals surface area contributed by atoms with Gasteiger partial charge in [0.2, 0.25) is 0 Å². The van der Waals surface area contributed by atoms with Crippen molar-refractivity contribution in [1.82, 2.24) is 4.98 Å². The Kier molecular flexibility index (Phi) is 3.92. The van der Waals surface area contributed by atoms with E-state index in [1.807, 2.05) is 30.5 Å². The van der Waals surface area contributed by atoms with Gasteiger partial charge < -0.3 is 4.98 Å². The van der Waals surface area contributed by atoms with Gasteiger partial charge in [-0.1, -0.05) is 31.0 Å². The second-order valence-corrected chi connectivity index (χ2v) is 6.37. The maximum absolute atomic E-state index is 12.3. The van der Waals surface area contributed by atoms with Crippen LogP contribution >= 0.6 is 11.8 Å². The molecule has 0 spiro atoms. The molecule has 1 aliphatic rings. The van der Waals surface area contributed by atoms with Crippen LogP contribution < -0.4 is 0 Å². The van der Waals surface area contributed by atoms with Gasteiger partial charge in [-0.3, -0.25) is 4.79 Å². The van der Waals surface area contributed by atoms with Crippen LogP contribution in [-0.2, 0) is 0 Å². The van der Waals surface area contributed by atoms with E-state index in [2.05, 4.69) is 4.98 Å². The van der Waals surface area contributed by atoms with E-state index in [-0.39, 0.29) is 5.78 Å². The third-order valence-corrected chi connectivity index (χ3v) is 5.12. The zero-order valence-electron chi connectivity index (χ0n) is 11.0. The van der Waals surface area contributed by atoms with E-state index >= 15 is 0 Å². The van der Waals surface area contributed by atoms with Crippen molar-refractivity contribution in [2.24, 2.45) is 5.92 Å². The zero-order valence-corrected chi connectivity index (χ0v) is 11.8. The molecule has 3 heteroatoms. The van der Waals surface area contributed by atoms with Gasteiger partial charge in [-0.05, 0) is 30.6 Å². The maximum Gasteiger partial charge on any atom is 0.174 e. The number of aromatic amines is 1. The zero-order chi connectivity index (χ0) is 13.1. The molecule has 1 N–H and O–H groups in total. The fourth-order valence-electron chi connectivity index (χ4n) is 2.88. The van der Waals surface area contributed by atoms with Gasteiger partial charge >= 0.3 is 0 Å². The lowest BCUT2D eigenvalue weighted by Crippen LogP contribution is -2.05. The average Bonchev–Trinajstić information content (AvgIpc) is 3.07. The smallest absolute Gasteiger partial charge is 0.174 e. The third kappa shape index (κ3) is 2.86. The summed E-state index contributed by atoms with van der Waals surface area (Å²) in [7, 11) is 0. The van der Waals surface area contributed by atoms with Crippen molar-refractivity contribution in [2.45, 2.75) is 25.7 Å². The first-order valence-corrected chi connectivity index (χ1v) is 8.17. The van der Waals surface area contributed by atoms with Crippen molar-refractivity contribution in [1.29, 1.82) is 0 Å². The summed E-state index contributed by atoms with van der Waals surface area (Å²) in [6, 6.07) is 8.00. The number of rotatable bonds is 5. The molecule has 0 aliphatic heterocycles. The summed E-state index contributed by atoms with van der Waals surface area (Å²) in [5, 5.41) is 1.05. The van der Waals surface area contributed by atoms with Gasteiger partial charge in [-0.2, -0.15) is 11.8 Å². The summed E-state index contributed by atoms with van der Waals surface area (Å²) in [5.41, 5.74) is 1.89. The average molecular weight is 273 g/mol. The Labute approximate surface area is 118 Å². The number of fused-ring (bicyclic) bond motifs is 1. The number of thioether (sulfide) groups is 1. The fraction of sp³-hybridized carbons (Fsp3) is 0.438. The summed E-state index contributed by atoms with van der Waals surface area (Å²) in [6.07, 6.45) is 7.31. The number of hydrogen-bond acceptors (Lipinski definition) is 2. The van der Waals surface area contributed by atoms with Crippen LogP contribution in [0.3, 0.4) is 0 Å². The fourth-order valence-corrected chi connectivity index (χ4v) is 4.00. The van der Waals surface area contributed by atoms with Crippen LogP contribution in [0.2, 0.25) is 0 Å². The van der Waals surface area contributed by atoms with Gasteiger partial charge in [0.25, 0.3) is 0 Å². The van der Waals surface area contributed by atoms with E-state index in [4.69, 9.17) is 0 Å². The van der Waals surface area contributed by atoms with Gasteiger partial charge in [0.1, 0.15) is 0 Å². The Morgan fingerprint density at radius 1 is 1.26 bits per heavy atom. The SMILES string of the molecule is O=C(CSCC1CCCC1)c1c[nH]c2ccccc12. The number of carbonyl (C=O) groups is 1. The molecular weight excluding hydrogens is 254 g/mol. The first kappa shape index (κ1) is 12.8. The molecule has 100 valence electrons. The van der Waals surface area contributed by atoms with Crippen molar-refractivity contribution in [3.8, 4) is 0 Å². The van der Waals surface area contributed by atoms with Crippen LogP contribution in [0.15, 0.2) is 30.5 Å². The Morgan fingerprint density at radius 2 is 2.05 bits per heavy atom. The molecule has 0 bridgehead atoms. The number of nitrogens with one attached hydrogen (secondary N) is 1. The number of hydrogen-bond donors (Lipinski definition) is 1. The molecule has 3 rings (SSSR count). The number of carbonyl (C=O) groups excluding carboxylic acids is 1. The molecule has 0 radical (unpaired) electrons. The lowest BCUT2D eigenvalue weighted by atomic mass is 10.1. The van der Waals surface area contributed by atoms with E-state index in [0.717, 1.165) is 28.1 Å². The summed E-state index contributed by atoms with van der Waals surface area (Å²) >= 11 is 1.80. The van der Waals surface area contributed by atoms with Crippen LogP contribution in [0.4, 0.5) is 0 Å². The predicted octanol–water partition coefficient (Wildman–Crippen LogP) is 4.27. The number of H-pyrrole nitrogens is 1. The number of ketones is 1. The summed E-state index contributed by atoms with van der Waals surface area (Å²) in [4.78, 5) is 15.4.